The topological polar surface area (TPSA) is 17.1 Å². The first-order chi connectivity index (χ1) is 10.9. The van der Waals surface area contributed by atoms with Crippen LogP contribution in [0.25, 0.3) is 0 Å². The average molecular weight is 318 g/mol. The smallest absolute Gasteiger partial charge is 0.155 e. The fourth-order valence-electron chi connectivity index (χ4n) is 7.34. The minimum Gasteiger partial charge on any atom is -0.295 e. The van der Waals surface area contributed by atoms with Gasteiger partial charge in [-0.05, 0) is 84.7 Å². The van der Waals surface area contributed by atoms with E-state index in [0.717, 1.165) is 17.9 Å². The van der Waals surface area contributed by atoms with Crippen LogP contribution in [-0.2, 0) is 4.79 Å². The molecule has 0 radical (unpaired) electrons. The lowest BCUT2D eigenvalue weighted by Gasteiger charge is -2.58. The molecule has 0 heterocycles. The molecule has 0 amide bonds. The molecule has 0 unspecified atom stereocenters. The molecule has 0 aromatic rings. The van der Waals surface area contributed by atoms with Gasteiger partial charge in [-0.3, -0.25) is 4.79 Å². The highest BCUT2D eigenvalue weighted by Crippen LogP contribution is 2.67. The highest BCUT2D eigenvalue weighted by Gasteiger charge is 2.60. The van der Waals surface area contributed by atoms with Gasteiger partial charge in [0.15, 0.2) is 5.78 Å². The van der Waals surface area contributed by atoms with E-state index < -0.39 is 6.17 Å². The first-order valence-corrected chi connectivity index (χ1v) is 9.79. The summed E-state index contributed by atoms with van der Waals surface area (Å²) in [5.74, 6) is 2.83. The molecule has 4 rings (SSSR count). The molecule has 4 aliphatic rings. The van der Waals surface area contributed by atoms with E-state index in [9.17, 15) is 4.79 Å². The predicted octanol–water partition coefficient (Wildman–Crippen LogP) is 5.49. The number of fused-ring (bicyclic) bond motifs is 5. The lowest BCUT2D eigenvalue weighted by atomic mass is 9.46. The zero-order valence-electron chi connectivity index (χ0n) is 14.9. The van der Waals surface area contributed by atoms with Crippen LogP contribution in [0.1, 0.15) is 72.1 Å². The van der Waals surface area contributed by atoms with Crippen molar-refractivity contribution >= 4 is 5.78 Å². The zero-order valence-corrected chi connectivity index (χ0v) is 14.9. The molecule has 3 fully saturated rings. The van der Waals surface area contributed by atoms with Gasteiger partial charge < -0.3 is 0 Å². The molecule has 2 heteroatoms. The van der Waals surface area contributed by atoms with Crippen LogP contribution in [0, 0.1) is 34.5 Å². The van der Waals surface area contributed by atoms with Crippen molar-refractivity contribution in [2.75, 3.05) is 0 Å². The highest BCUT2D eigenvalue weighted by molar-refractivity contribution is 5.91. The Bertz CT molecular complexity index is 552. The summed E-state index contributed by atoms with van der Waals surface area (Å²) in [7, 11) is 0. The van der Waals surface area contributed by atoms with E-state index in [1.54, 1.807) is 6.08 Å². The van der Waals surface area contributed by atoms with Gasteiger partial charge in [0, 0.05) is 6.42 Å². The normalized spacial score (nSPS) is 52.4. The molecule has 0 aromatic heterocycles. The molecule has 23 heavy (non-hydrogen) atoms. The van der Waals surface area contributed by atoms with E-state index in [4.69, 9.17) is 0 Å². The number of hydrogen-bond acceptors (Lipinski definition) is 1. The first kappa shape index (κ1) is 15.8. The van der Waals surface area contributed by atoms with Crippen LogP contribution in [0.4, 0.5) is 4.39 Å². The molecule has 7 atom stereocenters. The zero-order chi connectivity index (χ0) is 16.4. The molecule has 1 nitrogen and oxygen atoms in total. The molecule has 0 bridgehead atoms. The number of allylic oxidation sites excluding steroid dienone is 1. The van der Waals surface area contributed by atoms with Crippen molar-refractivity contribution < 1.29 is 9.18 Å². The molecule has 0 aromatic carbocycles. The number of ketones is 1. The van der Waals surface area contributed by atoms with Gasteiger partial charge in [0.05, 0.1) is 0 Å². The Labute approximate surface area is 140 Å². The fourth-order valence-corrected chi connectivity index (χ4v) is 7.34. The van der Waals surface area contributed by atoms with Crippen molar-refractivity contribution in [1.82, 2.24) is 0 Å². The number of halogens is 1. The van der Waals surface area contributed by atoms with Crippen LogP contribution < -0.4 is 0 Å². The SMILES string of the molecule is CC[C@H]1CC[C@H]2[C@@H]3C[C@H](F)C4=CC(=O)CC[C@]4(C)[C@H]3CC[C@]12C. The van der Waals surface area contributed by atoms with Gasteiger partial charge in [-0.25, -0.2) is 4.39 Å². The van der Waals surface area contributed by atoms with E-state index in [1.807, 2.05) is 0 Å². The van der Waals surface area contributed by atoms with E-state index in [-0.39, 0.29) is 11.2 Å². The summed E-state index contributed by atoms with van der Waals surface area (Å²) in [4.78, 5) is 11.8. The second kappa shape index (κ2) is 5.17. The van der Waals surface area contributed by atoms with E-state index >= 15 is 4.39 Å². The number of carbonyl (C=O) groups is 1. The van der Waals surface area contributed by atoms with Crippen molar-refractivity contribution in [1.29, 1.82) is 0 Å². The van der Waals surface area contributed by atoms with Crippen molar-refractivity contribution in [2.45, 2.75) is 78.3 Å². The van der Waals surface area contributed by atoms with E-state index in [2.05, 4.69) is 20.8 Å². The van der Waals surface area contributed by atoms with Crippen LogP contribution in [0.2, 0.25) is 0 Å². The van der Waals surface area contributed by atoms with Gasteiger partial charge in [0.2, 0.25) is 0 Å². The Morgan fingerprint density at radius 3 is 2.70 bits per heavy atom. The van der Waals surface area contributed by atoms with Crippen LogP contribution in [0.3, 0.4) is 0 Å². The molecule has 3 saturated carbocycles. The standard InChI is InChI=1S/C21H31FO/c1-4-13-5-6-16-15-12-19(22)18-11-14(23)7-9-21(18,3)17(15)8-10-20(13,16)2/h11,13,15-17,19H,4-10,12H2,1-3H3/t13-,15-,16-,17-,19-,20+,21+/m0/s1. The monoisotopic (exact) mass is 318 g/mol. The lowest BCUT2D eigenvalue weighted by Crippen LogP contribution is -2.53. The van der Waals surface area contributed by atoms with Crippen LogP contribution >= 0.6 is 0 Å². The van der Waals surface area contributed by atoms with E-state index in [0.29, 0.717) is 36.0 Å². The van der Waals surface area contributed by atoms with Gasteiger partial charge in [0.25, 0.3) is 0 Å². The maximum absolute atomic E-state index is 15.0. The van der Waals surface area contributed by atoms with Crippen molar-refractivity contribution in [2.24, 2.45) is 34.5 Å². The van der Waals surface area contributed by atoms with Crippen LogP contribution in [0.5, 0.6) is 0 Å². The Kier molecular flexibility index (Phi) is 3.56. The molecule has 128 valence electrons. The predicted molar refractivity (Wildman–Crippen MR) is 90.8 cm³/mol. The summed E-state index contributed by atoms with van der Waals surface area (Å²) in [6, 6.07) is 0. The molecule has 0 spiro atoms. The Balaban J connectivity index is 1.71. The van der Waals surface area contributed by atoms with Gasteiger partial charge in [-0.15, -0.1) is 0 Å². The Morgan fingerprint density at radius 1 is 1.17 bits per heavy atom. The summed E-state index contributed by atoms with van der Waals surface area (Å²) in [5.41, 5.74) is 1.24. The van der Waals surface area contributed by atoms with Gasteiger partial charge in [-0.2, -0.15) is 0 Å². The molecular weight excluding hydrogens is 287 g/mol. The number of carbonyl (C=O) groups excluding carboxylic acids is 1. The Hall–Kier alpha value is -0.660. The molecule has 0 aliphatic heterocycles. The largest absolute Gasteiger partial charge is 0.295 e. The third-order valence-corrected chi connectivity index (χ3v) is 8.63. The van der Waals surface area contributed by atoms with E-state index in [1.165, 1.54) is 32.1 Å². The highest BCUT2D eigenvalue weighted by atomic mass is 19.1. The van der Waals surface area contributed by atoms with Crippen molar-refractivity contribution in [3.63, 3.8) is 0 Å². The van der Waals surface area contributed by atoms with Gasteiger partial charge in [-0.1, -0.05) is 27.2 Å². The van der Waals surface area contributed by atoms with Gasteiger partial charge in [0.1, 0.15) is 6.17 Å². The third-order valence-electron chi connectivity index (χ3n) is 8.63. The summed E-state index contributed by atoms with van der Waals surface area (Å²) >= 11 is 0. The minimum atomic E-state index is -0.881. The molecule has 0 N–H and O–H groups in total. The van der Waals surface area contributed by atoms with Crippen molar-refractivity contribution in [3.8, 4) is 0 Å². The number of hydrogen-bond donors (Lipinski definition) is 0. The van der Waals surface area contributed by atoms with Crippen molar-refractivity contribution in [3.05, 3.63) is 11.6 Å². The minimum absolute atomic E-state index is 0.0537. The molecule has 0 saturated heterocycles. The van der Waals surface area contributed by atoms with Crippen LogP contribution in [0.15, 0.2) is 11.6 Å². The second-order valence-corrected chi connectivity index (χ2v) is 9.29. The third kappa shape index (κ3) is 2.05. The summed E-state index contributed by atoms with van der Waals surface area (Å²) in [5, 5.41) is 0. The fraction of sp³-hybridized carbons (Fsp3) is 0.857. The Morgan fingerprint density at radius 2 is 1.96 bits per heavy atom. The quantitative estimate of drug-likeness (QED) is 0.624. The second-order valence-electron chi connectivity index (χ2n) is 9.29. The summed E-state index contributed by atoms with van der Waals surface area (Å²) in [6.07, 6.45) is 9.45. The summed E-state index contributed by atoms with van der Waals surface area (Å²) in [6.45, 7) is 7.10. The summed E-state index contributed by atoms with van der Waals surface area (Å²) < 4.78 is 15.0. The lowest BCUT2D eigenvalue weighted by molar-refractivity contribution is -0.118. The molecule has 4 aliphatic carbocycles. The average Bonchev–Trinajstić information content (AvgIpc) is 2.86. The van der Waals surface area contributed by atoms with Crippen LogP contribution in [-0.4, -0.2) is 12.0 Å². The molecular formula is C21H31FO. The van der Waals surface area contributed by atoms with Gasteiger partial charge >= 0.3 is 0 Å². The number of alkyl halides is 1. The number of rotatable bonds is 1. The first-order valence-electron chi connectivity index (χ1n) is 9.79. The maximum atomic E-state index is 15.0. The maximum Gasteiger partial charge on any atom is 0.155 e.